The highest BCUT2D eigenvalue weighted by atomic mass is 16.3. The van der Waals surface area contributed by atoms with Crippen LogP contribution in [-0.4, -0.2) is 10.2 Å². The Bertz CT molecular complexity index is 461. The molecule has 0 saturated carbocycles. The second kappa shape index (κ2) is 7.12. The molecule has 0 amide bonds. The topological polar surface area (TPSA) is 40.5 Å². The minimum absolute atomic E-state index is 0.322. The molecule has 0 aliphatic carbocycles. The Morgan fingerprint density at radius 2 is 1.41 bits per heavy atom. The zero-order valence-electron chi connectivity index (χ0n) is 9.75. The van der Waals surface area contributed by atoms with Crippen LogP contribution in [0.5, 0.6) is 11.5 Å². The predicted molar refractivity (Wildman–Crippen MR) is 70.9 cm³/mol. The maximum absolute atomic E-state index is 9.19. The van der Waals surface area contributed by atoms with Crippen molar-refractivity contribution in [2.24, 2.45) is 0 Å². The van der Waals surface area contributed by atoms with Crippen LogP contribution in [0.3, 0.4) is 0 Å². The van der Waals surface area contributed by atoms with Crippen LogP contribution in [0.2, 0.25) is 0 Å². The summed E-state index contributed by atoms with van der Waals surface area (Å²) in [6.07, 6.45) is 3.77. The average Bonchev–Trinajstić information content (AvgIpc) is 2.34. The SMILES string of the molecule is CC=Cc1ccccc1O.Oc1ccccc1. The van der Waals surface area contributed by atoms with Gasteiger partial charge in [0.25, 0.3) is 0 Å². The van der Waals surface area contributed by atoms with E-state index in [2.05, 4.69) is 0 Å². The highest BCUT2D eigenvalue weighted by molar-refractivity contribution is 5.55. The van der Waals surface area contributed by atoms with Gasteiger partial charge in [-0.25, -0.2) is 0 Å². The van der Waals surface area contributed by atoms with E-state index in [1.807, 2.05) is 43.3 Å². The summed E-state index contributed by atoms with van der Waals surface area (Å²) >= 11 is 0. The molecule has 2 rings (SSSR count). The predicted octanol–water partition coefficient (Wildman–Crippen LogP) is 3.82. The molecule has 0 atom stereocenters. The molecule has 2 aromatic rings. The van der Waals surface area contributed by atoms with Crippen LogP contribution in [0, 0.1) is 0 Å². The third-order valence-electron chi connectivity index (χ3n) is 2.04. The molecule has 0 bridgehead atoms. The van der Waals surface area contributed by atoms with Crippen molar-refractivity contribution in [2.45, 2.75) is 6.92 Å². The maximum Gasteiger partial charge on any atom is 0.122 e. The molecule has 17 heavy (non-hydrogen) atoms. The lowest BCUT2D eigenvalue weighted by Gasteiger charge is -1.94. The Hall–Kier alpha value is -2.22. The fraction of sp³-hybridized carbons (Fsp3) is 0.0667. The molecule has 0 spiro atoms. The van der Waals surface area contributed by atoms with Gasteiger partial charge in [-0.1, -0.05) is 48.6 Å². The van der Waals surface area contributed by atoms with Gasteiger partial charge in [0.2, 0.25) is 0 Å². The fourth-order valence-corrected chi connectivity index (χ4v) is 1.24. The summed E-state index contributed by atoms with van der Waals surface area (Å²) in [7, 11) is 0. The number of hydrogen-bond acceptors (Lipinski definition) is 2. The standard InChI is InChI=1S/C9H10O.C6H6O/c1-2-5-8-6-3-4-7-9(8)10;7-6-4-2-1-3-5-6/h2-7,10H,1H3;1-5,7H. The first kappa shape index (κ1) is 12.8. The summed E-state index contributed by atoms with van der Waals surface area (Å²) in [5.74, 6) is 0.656. The van der Waals surface area contributed by atoms with Crippen LogP contribution < -0.4 is 0 Å². The molecule has 0 aromatic heterocycles. The number of phenolic OH excluding ortho intramolecular Hbond substituents is 2. The number of rotatable bonds is 1. The van der Waals surface area contributed by atoms with Crippen LogP contribution in [0.25, 0.3) is 6.08 Å². The van der Waals surface area contributed by atoms with Gasteiger partial charge in [-0.3, -0.25) is 0 Å². The number of hydrogen-bond donors (Lipinski definition) is 2. The molecule has 2 aromatic carbocycles. The molecule has 88 valence electrons. The molecule has 0 radical (unpaired) electrons. The number of allylic oxidation sites excluding steroid dienone is 1. The molecular formula is C15H16O2. The van der Waals surface area contributed by atoms with Crippen LogP contribution in [-0.2, 0) is 0 Å². The lowest BCUT2D eigenvalue weighted by molar-refractivity contribution is 0.474. The summed E-state index contributed by atoms with van der Waals surface area (Å²) in [4.78, 5) is 0. The number of phenols is 2. The van der Waals surface area contributed by atoms with Crippen molar-refractivity contribution < 1.29 is 10.2 Å². The van der Waals surface area contributed by atoms with E-state index in [0.29, 0.717) is 11.5 Å². The molecule has 0 heterocycles. The van der Waals surface area contributed by atoms with E-state index in [0.717, 1.165) is 5.56 Å². The minimum Gasteiger partial charge on any atom is -0.508 e. The van der Waals surface area contributed by atoms with E-state index < -0.39 is 0 Å². The van der Waals surface area contributed by atoms with Crippen molar-refractivity contribution in [3.8, 4) is 11.5 Å². The van der Waals surface area contributed by atoms with Gasteiger partial charge in [-0.05, 0) is 25.1 Å². The summed E-state index contributed by atoms with van der Waals surface area (Å²) in [6, 6.07) is 16.0. The van der Waals surface area contributed by atoms with E-state index in [9.17, 15) is 5.11 Å². The number of aromatic hydroxyl groups is 2. The molecule has 0 fully saturated rings. The van der Waals surface area contributed by atoms with Crippen molar-refractivity contribution in [2.75, 3.05) is 0 Å². The maximum atomic E-state index is 9.19. The Balaban J connectivity index is 0.000000181. The van der Waals surface area contributed by atoms with Gasteiger partial charge >= 0.3 is 0 Å². The molecule has 2 N–H and O–H groups in total. The van der Waals surface area contributed by atoms with Gasteiger partial charge in [0.15, 0.2) is 0 Å². The van der Waals surface area contributed by atoms with E-state index in [1.165, 1.54) is 0 Å². The average molecular weight is 228 g/mol. The minimum atomic E-state index is 0.322. The first-order valence-electron chi connectivity index (χ1n) is 5.38. The molecule has 2 nitrogen and oxygen atoms in total. The van der Waals surface area contributed by atoms with Crippen LogP contribution in [0.15, 0.2) is 60.7 Å². The molecule has 0 aliphatic rings. The fourth-order valence-electron chi connectivity index (χ4n) is 1.24. The Kier molecular flexibility index (Phi) is 5.38. The van der Waals surface area contributed by atoms with Crippen molar-refractivity contribution in [1.82, 2.24) is 0 Å². The van der Waals surface area contributed by atoms with Crippen LogP contribution in [0.1, 0.15) is 12.5 Å². The monoisotopic (exact) mass is 228 g/mol. The quantitative estimate of drug-likeness (QED) is 0.779. The zero-order valence-corrected chi connectivity index (χ0v) is 9.75. The Morgan fingerprint density at radius 3 is 1.88 bits per heavy atom. The van der Waals surface area contributed by atoms with Crippen molar-refractivity contribution in [3.63, 3.8) is 0 Å². The van der Waals surface area contributed by atoms with E-state index >= 15 is 0 Å². The number of benzene rings is 2. The highest BCUT2D eigenvalue weighted by Crippen LogP contribution is 2.16. The van der Waals surface area contributed by atoms with Crippen LogP contribution in [0.4, 0.5) is 0 Å². The van der Waals surface area contributed by atoms with Crippen molar-refractivity contribution in [3.05, 3.63) is 66.2 Å². The normalized spacial score (nSPS) is 9.71. The smallest absolute Gasteiger partial charge is 0.122 e. The third-order valence-corrected chi connectivity index (χ3v) is 2.04. The molecule has 0 unspecified atom stereocenters. The summed E-state index contributed by atoms with van der Waals surface area (Å²) in [6.45, 7) is 1.92. The second-order valence-electron chi connectivity index (χ2n) is 3.39. The molecular weight excluding hydrogens is 212 g/mol. The number of para-hydroxylation sites is 2. The summed E-state index contributed by atoms with van der Waals surface area (Å²) in [5, 5.41) is 17.8. The Morgan fingerprint density at radius 1 is 0.824 bits per heavy atom. The first-order valence-corrected chi connectivity index (χ1v) is 5.38. The van der Waals surface area contributed by atoms with Gasteiger partial charge in [0.1, 0.15) is 11.5 Å². The molecule has 0 saturated heterocycles. The summed E-state index contributed by atoms with van der Waals surface area (Å²) < 4.78 is 0. The van der Waals surface area contributed by atoms with E-state index in [4.69, 9.17) is 5.11 Å². The molecule has 2 heteroatoms. The summed E-state index contributed by atoms with van der Waals surface area (Å²) in [5.41, 5.74) is 0.866. The van der Waals surface area contributed by atoms with E-state index in [-0.39, 0.29) is 0 Å². The largest absolute Gasteiger partial charge is 0.508 e. The van der Waals surface area contributed by atoms with Gasteiger partial charge in [0, 0.05) is 5.56 Å². The van der Waals surface area contributed by atoms with Gasteiger partial charge in [-0.15, -0.1) is 0 Å². The molecule has 0 aliphatic heterocycles. The highest BCUT2D eigenvalue weighted by Gasteiger charge is 1.90. The van der Waals surface area contributed by atoms with Gasteiger partial charge in [0.05, 0.1) is 0 Å². The second-order valence-corrected chi connectivity index (χ2v) is 3.39. The van der Waals surface area contributed by atoms with Gasteiger partial charge < -0.3 is 10.2 Å². The third kappa shape index (κ3) is 4.89. The van der Waals surface area contributed by atoms with Crippen molar-refractivity contribution >= 4 is 6.08 Å². The van der Waals surface area contributed by atoms with E-state index in [1.54, 1.807) is 30.3 Å². The van der Waals surface area contributed by atoms with Crippen molar-refractivity contribution in [1.29, 1.82) is 0 Å². The lowest BCUT2D eigenvalue weighted by atomic mass is 10.2. The Labute approximate surface area is 101 Å². The zero-order chi connectivity index (χ0) is 12.5. The lowest BCUT2D eigenvalue weighted by Crippen LogP contribution is -1.70. The first-order chi connectivity index (χ1) is 8.24. The van der Waals surface area contributed by atoms with Gasteiger partial charge in [-0.2, -0.15) is 0 Å². The van der Waals surface area contributed by atoms with Crippen LogP contribution >= 0.6 is 0 Å².